The topological polar surface area (TPSA) is 62.5 Å². The summed E-state index contributed by atoms with van der Waals surface area (Å²) in [6.45, 7) is 9.36. The molecule has 122 valence electrons. The van der Waals surface area contributed by atoms with Crippen LogP contribution in [0, 0.1) is 0 Å². The maximum absolute atomic E-state index is 12.5. The predicted molar refractivity (Wildman–Crippen MR) is 88.3 cm³/mol. The van der Waals surface area contributed by atoms with Crippen LogP contribution in [0.5, 0.6) is 0 Å². The summed E-state index contributed by atoms with van der Waals surface area (Å²) in [5.74, 6) is 0.0861. The van der Waals surface area contributed by atoms with Crippen molar-refractivity contribution >= 4 is 5.91 Å². The molecule has 2 rings (SSSR count). The van der Waals surface area contributed by atoms with E-state index >= 15 is 0 Å². The van der Waals surface area contributed by atoms with E-state index in [1.165, 1.54) is 5.56 Å². The fraction of sp³-hybridized carbons (Fsp3) is 0.647. The van der Waals surface area contributed by atoms with E-state index in [-0.39, 0.29) is 5.91 Å². The first kappa shape index (κ1) is 16.9. The Balaban J connectivity index is 1.92. The molecule has 0 aliphatic carbocycles. The van der Waals surface area contributed by atoms with Crippen molar-refractivity contribution in [2.75, 3.05) is 26.2 Å². The van der Waals surface area contributed by atoms with Crippen LogP contribution in [0.15, 0.2) is 24.5 Å². The van der Waals surface area contributed by atoms with Gasteiger partial charge < -0.3 is 10.6 Å². The van der Waals surface area contributed by atoms with Crippen molar-refractivity contribution in [2.45, 2.75) is 45.2 Å². The molecule has 0 saturated carbocycles. The predicted octanol–water partition coefficient (Wildman–Crippen LogP) is 1.80. The molecule has 2 heterocycles. The number of nitrogens with zero attached hydrogens (tertiary/aromatic N) is 3. The molecular formula is C17H28N4O. The number of hydrogen-bond donors (Lipinski definition) is 1. The van der Waals surface area contributed by atoms with E-state index in [1.54, 1.807) is 6.20 Å². The fourth-order valence-corrected chi connectivity index (χ4v) is 3.13. The zero-order valence-electron chi connectivity index (χ0n) is 14.0. The molecule has 1 saturated heterocycles. The van der Waals surface area contributed by atoms with Gasteiger partial charge in [0.15, 0.2) is 0 Å². The zero-order chi connectivity index (χ0) is 16.2. The zero-order valence-corrected chi connectivity index (χ0v) is 14.0. The number of aromatic nitrogens is 1. The van der Waals surface area contributed by atoms with Crippen LogP contribution >= 0.6 is 0 Å². The summed E-state index contributed by atoms with van der Waals surface area (Å²) >= 11 is 0. The number of nitrogens with two attached hydrogens (primary N) is 1. The third kappa shape index (κ3) is 3.84. The lowest BCUT2D eigenvalue weighted by atomic mass is 9.95. The van der Waals surface area contributed by atoms with Gasteiger partial charge in [0.25, 0.3) is 0 Å². The van der Waals surface area contributed by atoms with Crippen LogP contribution < -0.4 is 5.73 Å². The lowest BCUT2D eigenvalue weighted by Gasteiger charge is -2.40. The minimum Gasteiger partial charge on any atom is -0.339 e. The summed E-state index contributed by atoms with van der Waals surface area (Å²) in [4.78, 5) is 21.0. The van der Waals surface area contributed by atoms with Gasteiger partial charge in [-0.1, -0.05) is 19.4 Å². The largest absolute Gasteiger partial charge is 0.339 e. The number of amides is 1. The molecule has 1 amide bonds. The van der Waals surface area contributed by atoms with Crippen molar-refractivity contribution in [3.63, 3.8) is 0 Å². The lowest BCUT2D eigenvalue weighted by molar-refractivity contribution is -0.138. The number of piperazine rings is 1. The van der Waals surface area contributed by atoms with E-state index in [4.69, 9.17) is 5.73 Å². The summed E-state index contributed by atoms with van der Waals surface area (Å²) in [7, 11) is 0. The molecule has 1 fully saturated rings. The minimum absolute atomic E-state index is 0.0861. The lowest BCUT2D eigenvalue weighted by Crippen LogP contribution is -2.58. The quantitative estimate of drug-likeness (QED) is 0.901. The third-order valence-electron chi connectivity index (χ3n) is 4.57. The minimum atomic E-state index is -0.730. The Morgan fingerprint density at radius 3 is 2.64 bits per heavy atom. The molecule has 22 heavy (non-hydrogen) atoms. The molecule has 5 heteroatoms. The van der Waals surface area contributed by atoms with Gasteiger partial charge in [0.05, 0.1) is 5.54 Å². The Morgan fingerprint density at radius 1 is 1.41 bits per heavy atom. The highest BCUT2D eigenvalue weighted by molar-refractivity contribution is 5.85. The van der Waals surface area contributed by atoms with Crippen molar-refractivity contribution in [1.29, 1.82) is 0 Å². The summed E-state index contributed by atoms with van der Waals surface area (Å²) in [6.07, 6.45) is 5.37. The summed E-state index contributed by atoms with van der Waals surface area (Å²) in [5.41, 5.74) is 6.66. The second-order valence-corrected chi connectivity index (χ2v) is 6.46. The van der Waals surface area contributed by atoms with Gasteiger partial charge in [-0.3, -0.25) is 14.7 Å². The first-order valence-electron chi connectivity index (χ1n) is 8.18. The van der Waals surface area contributed by atoms with Gasteiger partial charge in [-0.2, -0.15) is 0 Å². The molecule has 0 spiro atoms. The number of carbonyl (C=O) groups is 1. The Kier molecular flexibility index (Phi) is 5.53. The van der Waals surface area contributed by atoms with Gasteiger partial charge in [0, 0.05) is 44.6 Å². The van der Waals surface area contributed by atoms with Crippen LogP contribution in [0.2, 0.25) is 0 Å². The van der Waals surface area contributed by atoms with Gasteiger partial charge in [-0.05, 0) is 31.9 Å². The molecular weight excluding hydrogens is 276 g/mol. The molecule has 2 unspecified atom stereocenters. The van der Waals surface area contributed by atoms with E-state index in [1.807, 2.05) is 24.1 Å². The van der Waals surface area contributed by atoms with Crippen molar-refractivity contribution in [1.82, 2.24) is 14.8 Å². The van der Waals surface area contributed by atoms with E-state index < -0.39 is 5.54 Å². The Labute approximate surface area is 133 Å². The van der Waals surface area contributed by atoms with Crippen molar-refractivity contribution in [2.24, 2.45) is 5.73 Å². The van der Waals surface area contributed by atoms with Crippen LogP contribution in [0.1, 0.15) is 45.2 Å². The number of carbonyl (C=O) groups excluding carboxylic acids is 1. The average Bonchev–Trinajstić information content (AvgIpc) is 2.54. The molecule has 1 aromatic rings. The van der Waals surface area contributed by atoms with Gasteiger partial charge in [-0.25, -0.2) is 0 Å². The molecule has 0 bridgehead atoms. The molecule has 5 nitrogen and oxygen atoms in total. The van der Waals surface area contributed by atoms with Gasteiger partial charge >= 0.3 is 0 Å². The number of hydrogen-bond acceptors (Lipinski definition) is 4. The second-order valence-electron chi connectivity index (χ2n) is 6.46. The average molecular weight is 304 g/mol. The highest BCUT2D eigenvalue weighted by atomic mass is 16.2. The molecule has 1 aliphatic rings. The summed E-state index contributed by atoms with van der Waals surface area (Å²) < 4.78 is 0. The number of rotatable bonds is 5. The molecule has 1 aromatic heterocycles. The van der Waals surface area contributed by atoms with Crippen molar-refractivity contribution in [3.8, 4) is 0 Å². The monoisotopic (exact) mass is 304 g/mol. The smallest absolute Gasteiger partial charge is 0.242 e. The number of pyridine rings is 1. The third-order valence-corrected chi connectivity index (χ3v) is 4.57. The van der Waals surface area contributed by atoms with E-state index in [2.05, 4.69) is 29.8 Å². The standard InChI is InChI=1S/C17H28N4O/c1-4-7-17(3,18)16(22)21-11-9-20(10-12-21)14(2)15-6-5-8-19-13-15/h5-6,8,13-14H,4,7,9-12,18H2,1-3H3. The normalized spacial score (nSPS) is 20.5. The molecule has 0 aromatic carbocycles. The van der Waals surface area contributed by atoms with Crippen LogP contribution in [-0.4, -0.2) is 52.4 Å². The van der Waals surface area contributed by atoms with Crippen LogP contribution in [0.3, 0.4) is 0 Å². The van der Waals surface area contributed by atoms with Gasteiger partial charge in [0.1, 0.15) is 0 Å². The highest BCUT2D eigenvalue weighted by Crippen LogP contribution is 2.22. The SMILES string of the molecule is CCCC(C)(N)C(=O)N1CCN(C(C)c2cccnc2)CC1. The fourth-order valence-electron chi connectivity index (χ4n) is 3.13. The molecule has 0 radical (unpaired) electrons. The van der Waals surface area contributed by atoms with Crippen LogP contribution in [0.4, 0.5) is 0 Å². The van der Waals surface area contributed by atoms with E-state index in [0.717, 1.165) is 39.0 Å². The van der Waals surface area contributed by atoms with E-state index in [9.17, 15) is 4.79 Å². The second kappa shape index (κ2) is 7.20. The maximum atomic E-state index is 12.5. The van der Waals surface area contributed by atoms with Crippen LogP contribution in [-0.2, 0) is 4.79 Å². The van der Waals surface area contributed by atoms with Crippen molar-refractivity contribution < 1.29 is 4.79 Å². The Bertz CT molecular complexity index is 481. The van der Waals surface area contributed by atoms with Crippen LogP contribution in [0.25, 0.3) is 0 Å². The first-order valence-corrected chi connectivity index (χ1v) is 8.18. The molecule has 1 aliphatic heterocycles. The van der Waals surface area contributed by atoms with E-state index in [0.29, 0.717) is 6.04 Å². The summed E-state index contributed by atoms with van der Waals surface area (Å²) in [6, 6.07) is 4.40. The molecule has 2 atom stereocenters. The molecule has 2 N–H and O–H groups in total. The Morgan fingerprint density at radius 2 is 2.09 bits per heavy atom. The van der Waals surface area contributed by atoms with Gasteiger partial charge in [0.2, 0.25) is 5.91 Å². The van der Waals surface area contributed by atoms with Crippen molar-refractivity contribution in [3.05, 3.63) is 30.1 Å². The van der Waals surface area contributed by atoms with Gasteiger partial charge in [-0.15, -0.1) is 0 Å². The maximum Gasteiger partial charge on any atom is 0.242 e. The summed E-state index contributed by atoms with van der Waals surface area (Å²) in [5, 5.41) is 0. The first-order chi connectivity index (χ1) is 10.5. The highest BCUT2D eigenvalue weighted by Gasteiger charge is 2.34. The Hall–Kier alpha value is -1.46.